The molecule has 0 aliphatic rings. The van der Waals surface area contributed by atoms with Gasteiger partial charge < -0.3 is 4.90 Å². The first-order chi connectivity index (χ1) is 7.10. The molecule has 0 spiro atoms. The molecule has 0 aliphatic carbocycles. The van der Waals surface area contributed by atoms with E-state index in [1.165, 1.54) is 0 Å². The predicted molar refractivity (Wildman–Crippen MR) is 60.3 cm³/mol. The van der Waals surface area contributed by atoms with Crippen molar-refractivity contribution in [1.29, 1.82) is 0 Å². The third-order valence-corrected chi connectivity index (χ3v) is 2.41. The SMILES string of the molecule is CCc1nn(C)cc1C(=O)N(C)CCCl. The van der Waals surface area contributed by atoms with Crippen molar-refractivity contribution < 1.29 is 4.79 Å². The van der Waals surface area contributed by atoms with Crippen LogP contribution in [0.4, 0.5) is 0 Å². The Bertz CT molecular complexity index is 348. The molecule has 0 saturated carbocycles. The maximum atomic E-state index is 11.9. The molecule has 1 aromatic rings. The number of aromatic nitrogens is 2. The van der Waals surface area contributed by atoms with Crippen molar-refractivity contribution in [2.75, 3.05) is 19.5 Å². The maximum absolute atomic E-state index is 11.9. The summed E-state index contributed by atoms with van der Waals surface area (Å²) in [7, 11) is 3.56. The van der Waals surface area contributed by atoms with Crippen LogP contribution in [0.1, 0.15) is 23.0 Å². The summed E-state index contributed by atoms with van der Waals surface area (Å²) < 4.78 is 1.67. The van der Waals surface area contributed by atoms with Crippen molar-refractivity contribution in [3.05, 3.63) is 17.5 Å². The molecule has 0 saturated heterocycles. The molecular weight excluding hydrogens is 214 g/mol. The molecule has 5 heteroatoms. The van der Waals surface area contributed by atoms with Crippen LogP contribution >= 0.6 is 11.6 Å². The minimum atomic E-state index is -0.0133. The van der Waals surface area contributed by atoms with Crippen LogP contribution in [-0.2, 0) is 13.5 Å². The van der Waals surface area contributed by atoms with Crippen molar-refractivity contribution in [2.45, 2.75) is 13.3 Å². The molecule has 1 heterocycles. The van der Waals surface area contributed by atoms with Gasteiger partial charge in [0.1, 0.15) is 0 Å². The van der Waals surface area contributed by atoms with E-state index in [-0.39, 0.29) is 5.91 Å². The summed E-state index contributed by atoms with van der Waals surface area (Å²) in [6.45, 7) is 2.54. The first-order valence-corrected chi connectivity index (χ1v) is 5.47. The Balaban J connectivity index is 2.89. The maximum Gasteiger partial charge on any atom is 0.257 e. The van der Waals surface area contributed by atoms with Crippen LogP contribution < -0.4 is 0 Å². The van der Waals surface area contributed by atoms with Gasteiger partial charge in [-0.05, 0) is 6.42 Å². The summed E-state index contributed by atoms with van der Waals surface area (Å²) in [5, 5.41) is 4.23. The van der Waals surface area contributed by atoms with E-state index < -0.39 is 0 Å². The Morgan fingerprint density at radius 2 is 2.33 bits per heavy atom. The summed E-state index contributed by atoms with van der Waals surface area (Å²) in [5.41, 5.74) is 1.51. The van der Waals surface area contributed by atoms with Gasteiger partial charge in [0.2, 0.25) is 0 Å². The lowest BCUT2D eigenvalue weighted by Crippen LogP contribution is -2.28. The van der Waals surface area contributed by atoms with Crippen molar-refractivity contribution in [3.8, 4) is 0 Å². The highest BCUT2D eigenvalue weighted by Gasteiger charge is 2.17. The fraction of sp³-hybridized carbons (Fsp3) is 0.600. The number of nitrogens with zero attached hydrogens (tertiary/aromatic N) is 3. The standard InChI is InChI=1S/C10H16ClN3O/c1-4-9-8(7-14(3)12-9)10(15)13(2)6-5-11/h7H,4-6H2,1-3H3. The molecule has 0 unspecified atom stereocenters. The highest BCUT2D eigenvalue weighted by atomic mass is 35.5. The summed E-state index contributed by atoms with van der Waals surface area (Å²) in [6, 6.07) is 0. The number of hydrogen-bond acceptors (Lipinski definition) is 2. The second-order valence-electron chi connectivity index (χ2n) is 3.43. The van der Waals surface area contributed by atoms with E-state index >= 15 is 0 Å². The summed E-state index contributed by atoms with van der Waals surface area (Å²) in [5.74, 6) is 0.435. The van der Waals surface area contributed by atoms with Crippen LogP contribution in [0.5, 0.6) is 0 Å². The number of carbonyl (C=O) groups excluding carboxylic acids is 1. The molecule has 84 valence electrons. The van der Waals surface area contributed by atoms with Crippen LogP contribution in [0.3, 0.4) is 0 Å². The van der Waals surface area contributed by atoms with Gasteiger partial charge in [-0.1, -0.05) is 6.92 Å². The zero-order chi connectivity index (χ0) is 11.4. The molecule has 0 fully saturated rings. The molecule has 0 bridgehead atoms. The Kier molecular flexibility index (Phi) is 4.15. The minimum Gasteiger partial charge on any atom is -0.340 e. The fourth-order valence-corrected chi connectivity index (χ4v) is 1.66. The van der Waals surface area contributed by atoms with Crippen LogP contribution in [-0.4, -0.2) is 40.1 Å². The highest BCUT2D eigenvalue weighted by Crippen LogP contribution is 2.09. The summed E-state index contributed by atoms with van der Waals surface area (Å²) in [4.78, 5) is 13.6. The third-order valence-electron chi connectivity index (χ3n) is 2.24. The largest absolute Gasteiger partial charge is 0.340 e. The molecule has 0 N–H and O–H groups in total. The molecule has 1 aromatic heterocycles. The monoisotopic (exact) mass is 229 g/mol. The fourth-order valence-electron chi connectivity index (χ4n) is 1.41. The van der Waals surface area contributed by atoms with Gasteiger partial charge in [0.25, 0.3) is 5.91 Å². The summed E-state index contributed by atoms with van der Waals surface area (Å²) in [6.07, 6.45) is 2.52. The van der Waals surface area contributed by atoms with Crippen molar-refractivity contribution in [2.24, 2.45) is 7.05 Å². The average molecular weight is 230 g/mol. The quantitative estimate of drug-likeness (QED) is 0.730. The molecule has 0 aromatic carbocycles. The van der Waals surface area contributed by atoms with E-state index in [1.54, 1.807) is 22.8 Å². The highest BCUT2D eigenvalue weighted by molar-refractivity contribution is 6.18. The van der Waals surface area contributed by atoms with Gasteiger partial charge in [-0.3, -0.25) is 9.48 Å². The van der Waals surface area contributed by atoms with Crippen LogP contribution in [0, 0.1) is 0 Å². The number of alkyl halides is 1. The number of carbonyl (C=O) groups is 1. The number of hydrogen-bond donors (Lipinski definition) is 0. The van der Waals surface area contributed by atoms with Gasteiger partial charge in [0, 0.05) is 32.7 Å². The zero-order valence-corrected chi connectivity index (χ0v) is 10.1. The number of rotatable bonds is 4. The second kappa shape index (κ2) is 5.16. The molecule has 1 rings (SSSR count). The molecule has 15 heavy (non-hydrogen) atoms. The molecule has 1 amide bonds. The molecule has 0 atom stereocenters. The Labute approximate surface area is 94.8 Å². The van der Waals surface area contributed by atoms with E-state index in [2.05, 4.69) is 5.10 Å². The van der Waals surface area contributed by atoms with E-state index in [4.69, 9.17) is 11.6 Å². The summed E-state index contributed by atoms with van der Waals surface area (Å²) >= 11 is 5.59. The van der Waals surface area contributed by atoms with Crippen molar-refractivity contribution in [1.82, 2.24) is 14.7 Å². The number of halogens is 1. The first kappa shape index (κ1) is 12.0. The van der Waals surface area contributed by atoms with Gasteiger partial charge in [0.15, 0.2) is 0 Å². The van der Waals surface area contributed by atoms with Gasteiger partial charge in [-0.2, -0.15) is 5.10 Å². The van der Waals surface area contributed by atoms with Gasteiger partial charge >= 0.3 is 0 Å². The van der Waals surface area contributed by atoms with Crippen LogP contribution in [0.25, 0.3) is 0 Å². The zero-order valence-electron chi connectivity index (χ0n) is 9.33. The molecule has 4 nitrogen and oxygen atoms in total. The van der Waals surface area contributed by atoms with Crippen molar-refractivity contribution in [3.63, 3.8) is 0 Å². The Morgan fingerprint density at radius 3 is 2.87 bits per heavy atom. The van der Waals surface area contributed by atoms with Crippen LogP contribution in [0.2, 0.25) is 0 Å². The lowest BCUT2D eigenvalue weighted by molar-refractivity contribution is 0.0802. The number of aryl methyl sites for hydroxylation is 2. The second-order valence-corrected chi connectivity index (χ2v) is 3.81. The van der Waals surface area contributed by atoms with Gasteiger partial charge in [0.05, 0.1) is 11.3 Å². The molecular formula is C10H16ClN3O. The number of amides is 1. The topological polar surface area (TPSA) is 38.1 Å². The third kappa shape index (κ3) is 2.72. The van der Waals surface area contributed by atoms with Gasteiger partial charge in [-0.15, -0.1) is 11.6 Å². The normalized spacial score (nSPS) is 10.4. The smallest absolute Gasteiger partial charge is 0.257 e. The van der Waals surface area contributed by atoms with E-state index in [9.17, 15) is 4.79 Å². The lowest BCUT2D eigenvalue weighted by atomic mass is 10.2. The van der Waals surface area contributed by atoms with E-state index in [0.717, 1.165) is 12.1 Å². The van der Waals surface area contributed by atoms with Crippen molar-refractivity contribution >= 4 is 17.5 Å². The Hall–Kier alpha value is -1.03. The van der Waals surface area contributed by atoms with Gasteiger partial charge in [-0.25, -0.2) is 0 Å². The molecule has 0 aliphatic heterocycles. The van der Waals surface area contributed by atoms with E-state index in [1.807, 2.05) is 14.0 Å². The van der Waals surface area contributed by atoms with E-state index in [0.29, 0.717) is 18.0 Å². The Morgan fingerprint density at radius 1 is 1.67 bits per heavy atom. The van der Waals surface area contributed by atoms with Crippen LogP contribution in [0.15, 0.2) is 6.20 Å². The molecule has 0 radical (unpaired) electrons. The average Bonchev–Trinajstić information content (AvgIpc) is 2.58. The predicted octanol–water partition coefficient (Wildman–Crippen LogP) is 1.29. The minimum absolute atomic E-state index is 0.0133. The first-order valence-electron chi connectivity index (χ1n) is 4.94. The lowest BCUT2D eigenvalue weighted by Gasteiger charge is -2.14.